The van der Waals surface area contributed by atoms with Crippen molar-refractivity contribution in [3.8, 4) is 0 Å². The maximum Gasteiger partial charge on any atom is 0.277 e. The SMILES string of the molecule is O=C(Nc1cnc(Cl)cn1)c1cnc2ccccc2n1. The number of nitrogens with one attached hydrogen (secondary N) is 1. The lowest BCUT2D eigenvalue weighted by molar-refractivity contribution is 0.102. The Morgan fingerprint density at radius 1 is 1.00 bits per heavy atom. The Morgan fingerprint density at radius 2 is 1.80 bits per heavy atom. The molecule has 7 heteroatoms. The Kier molecular flexibility index (Phi) is 3.22. The van der Waals surface area contributed by atoms with Gasteiger partial charge in [-0.1, -0.05) is 23.7 Å². The number of carbonyl (C=O) groups excluding carboxylic acids is 1. The van der Waals surface area contributed by atoms with Crippen LogP contribution in [0.1, 0.15) is 10.5 Å². The number of aromatic nitrogens is 4. The molecular formula is C13H8ClN5O. The van der Waals surface area contributed by atoms with Crippen molar-refractivity contribution in [3.63, 3.8) is 0 Å². The van der Waals surface area contributed by atoms with Crippen LogP contribution in [0.25, 0.3) is 11.0 Å². The van der Waals surface area contributed by atoms with Gasteiger partial charge in [0.25, 0.3) is 5.91 Å². The predicted molar refractivity (Wildman–Crippen MR) is 74.5 cm³/mol. The predicted octanol–water partition coefficient (Wildman–Crippen LogP) is 2.33. The molecule has 98 valence electrons. The first-order chi connectivity index (χ1) is 9.72. The van der Waals surface area contributed by atoms with Gasteiger partial charge in [-0.05, 0) is 12.1 Å². The number of benzene rings is 1. The fourth-order valence-corrected chi connectivity index (χ4v) is 1.72. The van der Waals surface area contributed by atoms with Gasteiger partial charge >= 0.3 is 0 Å². The molecule has 0 fully saturated rings. The van der Waals surface area contributed by atoms with Gasteiger partial charge < -0.3 is 5.32 Å². The van der Waals surface area contributed by atoms with Crippen LogP contribution < -0.4 is 5.32 Å². The molecule has 1 amide bonds. The Hall–Kier alpha value is -2.60. The molecule has 1 N–H and O–H groups in total. The Morgan fingerprint density at radius 3 is 2.55 bits per heavy atom. The number of para-hydroxylation sites is 2. The van der Waals surface area contributed by atoms with Crippen molar-refractivity contribution in [1.29, 1.82) is 0 Å². The molecule has 0 spiro atoms. The lowest BCUT2D eigenvalue weighted by Crippen LogP contribution is -2.15. The largest absolute Gasteiger partial charge is 0.304 e. The second kappa shape index (κ2) is 5.18. The molecule has 0 saturated heterocycles. The van der Waals surface area contributed by atoms with Crippen LogP contribution >= 0.6 is 11.6 Å². The summed E-state index contributed by atoms with van der Waals surface area (Å²) in [5, 5.41) is 2.83. The van der Waals surface area contributed by atoms with Crippen molar-refractivity contribution in [2.45, 2.75) is 0 Å². The highest BCUT2D eigenvalue weighted by atomic mass is 35.5. The van der Waals surface area contributed by atoms with Gasteiger partial charge in [0.05, 0.1) is 29.6 Å². The van der Waals surface area contributed by atoms with E-state index in [9.17, 15) is 4.79 Å². The fraction of sp³-hybridized carbons (Fsp3) is 0. The molecule has 20 heavy (non-hydrogen) atoms. The van der Waals surface area contributed by atoms with Crippen LogP contribution in [0.2, 0.25) is 5.15 Å². The normalized spacial score (nSPS) is 10.4. The van der Waals surface area contributed by atoms with E-state index in [1.807, 2.05) is 18.2 Å². The first-order valence-electron chi connectivity index (χ1n) is 5.73. The third-order valence-corrected chi connectivity index (χ3v) is 2.74. The quantitative estimate of drug-likeness (QED) is 0.781. The number of anilines is 1. The summed E-state index contributed by atoms with van der Waals surface area (Å²) in [7, 11) is 0. The maximum atomic E-state index is 12.0. The minimum atomic E-state index is -0.403. The first-order valence-corrected chi connectivity index (χ1v) is 6.11. The molecule has 0 aliphatic carbocycles. The van der Waals surface area contributed by atoms with E-state index in [1.165, 1.54) is 18.6 Å². The van der Waals surface area contributed by atoms with Gasteiger partial charge in [-0.3, -0.25) is 9.78 Å². The third kappa shape index (κ3) is 2.55. The monoisotopic (exact) mass is 285 g/mol. The Labute approximate surface area is 118 Å². The van der Waals surface area contributed by atoms with Crippen molar-refractivity contribution in [2.75, 3.05) is 5.32 Å². The van der Waals surface area contributed by atoms with E-state index >= 15 is 0 Å². The third-order valence-electron chi connectivity index (χ3n) is 2.54. The minimum absolute atomic E-state index is 0.209. The summed E-state index contributed by atoms with van der Waals surface area (Å²) in [5.74, 6) is -0.103. The zero-order valence-electron chi connectivity index (χ0n) is 10.1. The average molecular weight is 286 g/mol. The summed E-state index contributed by atoms with van der Waals surface area (Å²) in [4.78, 5) is 28.2. The second-order valence-electron chi connectivity index (χ2n) is 3.92. The fourth-order valence-electron chi connectivity index (χ4n) is 1.62. The van der Waals surface area contributed by atoms with Gasteiger partial charge in [0, 0.05) is 0 Å². The molecule has 0 aliphatic heterocycles. The average Bonchev–Trinajstić information content (AvgIpc) is 2.49. The van der Waals surface area contributed by atoms with Gasteiger partial charge in [0.2, 0.25) is 0 Å². The number of fused-ring (bicyclic) bond motifs is 1. The highest BCUT2D eigenvalue weighted by molar-refractivity contribution is 6.29. The van der Waals surface area contributed by atoms with Crippen molar-refractivity contribution in [3.05, 3.63) is 53.7 Å². The van der Waals surface area contributed by atoms with Gasteiger partial charge in [-0.2, -0.15) is 0 Å². The van der Waals surface area contributed by atoms with Gasteiger partial charge in [-0.25, -0.2) is 15.0 Å². The summed E-state index contributed by atoms with van der Waals surface area (Å²) < 4.78 is 0. The highest BCUT2D eigenvalue weighted by Crippen LogP contribution is 2.10. The number of rotatable bonds is 2. The molecular weight excluding hydrogens is 278 g/mol. The van der Waals surface area contributed by atoms with E-state index in [0.29, 0.717) is 11.3 Å². The zero-order chi connectivity index (χ0) is 13.9. The summed E-state index contributed by atoms with van der Waals surface area (Å²) in [6.07, 6.45) is 4.14. The van der Waals surface area contributed by atoms with Crippen molar-refractivity contribution >= 4 is 34.4 Å². The minimum Gasteiger partial charge on any atom is -0.304 e. The Balaban J connectivity index is 1.86. The van der Waals surface area contributed by atoms with Crippen LogP contribution in [0.3, 0.4) is 0 Å². The number of halogens is 1. The smallest absolute Gasteiger partial charge is 0.277 e. The zero-order valence-corrected chi connectivity index (χ0v) is 10.9. The molecule has 0 unspecified atom stereocenters. The van der Waals surface area contributed by atoms with Crippen molar-refractivity contribution < 1.29 is 4.79 Å². The van der Waals surface area contributed by atoms with E-state index in [2.05, 4.69) is 25.3 Å². The van der Waals surface area contributed by atoms with Crippen molar-refractivity contribution in [2.24, 2.45) is 0 Å². The number of hydrogen-bond acceptors (Lipinski definition) is 5. The summed E-state index contributed by atoms with van der Waals surface area (Å²) in [6.45, 7) is 0. The van der Waals surface area contributed by atoms with Crippen molar-refractivity contribution in [1.82, 2.24) is 19.9 Å². The number of nitrogens with zero attached hydrogens (tertiary/aromatic N) is 4. The van der Waals surface area contributed by atoms with Crippen LogP contribution in [0.4, 0.5) is 5.82 Å². The molecule has 0 aliphatic rings. The maximum absolute atomic E-state index is 12.0. The van der Waals surface area contributed by atoms with Gasteiger partial charge in [-0.15, -0.1) is 0 Å². The molecule has 1 aromatic carbocycles. The first kappa shape index (κ1) is 12.4. The summed E-state index contributed by atoms with van der Waals surface area (Å²) in [5.41, 5.74) is 1.60. The van der Waals surface area contributed by atoms with Gasteiger partial charge in [0.15, 0.2) is 5.82 Å². The topological polar surface area (TPSA) is 80.7 Å². The van der Waals surface area contributed by atoms with E-state index in [4.69, 9.17) is 11.6 Å². The van der Waals surface area contributed by atoms with E-state index in [1.54, 1.807) is 6.07 Å². The van der Waals surface area contributed by atoms with E-state index < -0.39 is 5.91 Å². The van der Waals surface area contributed by atoms with E-state index in [-0.39, 0.29) is 10.8 Å². The van der Waals surface area contributed by atoms with Crippen LogP contribution in [-0.4, -0.2) is 25.8 Å². The molecule has 3 aromatic rings. The molecule has 0 radical (unpaired) electrons. The molecule has 6 nitrogen and oxygen atoms in total. The Bertz CT molecular complexity index is 775. The molecule has 0 bridgehead atoms. The second-order valence-corrected chi connectivity index (χ2v) is 4.31. The molecule has 0 atom stereocenters. The molecule has 2 heterocycles. The van der Waals surface area contributed by atoms with E-state index in [0.717, 1.165) is 5.52 Å². The number of amides is 1. The number of hydrogen-bond donors (Lipinski definition) is 1. The summed E-state index contributed by atoms with van der Waals surface area (Å²) in [6, 6.07) is 7.32. The van der Waals surface area contributed by atoms with Crippen LogP contribution in [0.15, 0.2) is 42.9 Å². The van der Waals surface area contributed by atoms with Crippen LogP contribution in [0.5, 0.6) is 0 Å². The van der Waals surface area contributed by atoms with Crippen LogP contribution in [0, 0.1) is 0 Å². The molecule has 3 rings (SSSR count). The van der Waals surface area contributed by atoms with Crippen LogP contribution in [-0.2, 0) is 0 Å². The molecule has 0 saturated carbocycles. The molecule has 2 aromatic heterocycles. The highest BCUT2D eigenvalue weighted by Gasteiger charge is 2.10. The summed E-state index contributed by atoms with van der Waals surface area (Å²) >= 11 is 5.62. The standard InChI is InChI=1S/C13H8ClN5O/c14-11-6-17-12(7-16-11)19-13(20)10-5-15-8-3-1-2-4-9(8)18-10/h1-7H,(H,17,19,20). The lowest BCUT2D eigenvalue weighted by atomic mass is 10.3. The number of carbonyl (C=O) groups is 1. The van der Waals surface area contributed by atoms with Gasteiger partial charge in [0.1, 0.15) is 10.8 Å². The lowest BCUT2D eigenvalue weighted by Gasteiger charge is -2.04.